The molecule has 0 aromatic heterocycles. The van der Waals surface area contributed by atoms with Gasteiger partial charge in [-0.1, -0.05) is 42.5 Å². The Morgan fingerprint density at radius 1 is 0.966 bits per heavy atom. The van der Waals surface area contributed by atoms with Crippen LogP contribution < -0.4 is 0 Å². The first-order chi connectivity index (χ1) is 14.0. The summed E-state index contributed by atoms with van der Waals surface area (Å²) in [7, 11) is 3.86. The van der Waals surface area contributed by atoms with Gasteiger partial charge in [0.2, 0.25) is 5.91 Å². The smallest absolute Gasteiger partial charge is 0.253 e. The van der Waals surface area contributed by atoms with Crippen LogP contribution in [0, 0.1) is 18.8 Å². The van der Waals surface area contributed by atoms with Gasteiger partial charge in [-0.05, 0) is 44.3 Å². The summed E-state index contributed by atoms with van der Waals surface area (Å²) in [6.07, 6.45) is 0. The predicted molar refractivity (Wildman–Crippen MR) is 114 cm³/mol. The zero-order chi connectivity index (χ0) is 20.5. The number of likely N-dealkylation sites (N-methyl/N-ethyl adjacent to an activating group) is 1. The highest BCUT2D eigenvalue weighted by atomic mass is 16.2. The third-order valence-electron chi connectivity index (χ3n) is 6.25. The molecule has 0 radical (unpaired) electrons. The monoisotopic (exact) mass is 391 g/mol. The number of hydrogen-bond acceptors (Lipinski definition) is 3. The van der Waals surface area contributed by atoms with Gasteiger partial charge < -0.3 is 14.7 Å². The summed E-state index contributed by atoms with van der Waals surface area (Å²) in [6.45, 7) is 4.65. The summed E-state index contributed by atoms with van der Waals surface area (Å²) >= 11 is 0. The van der Waals surface area contributed by atoms with E-state index < -0.39 is 0 Å². The van der Waals surface area contributed by atoms with Crippen molar-refractivity contribution >= 4 is 11.8 Å². The van der Waals surface area contributed by atoms with E-state index in [-0.39, 0.29) is 23.8 Å². The molecule has 2 aliphatic heterocycles. The van der Waals surface area contributed by atoms with Gasteiger partial charge in [-0.15, -0.1) is 0 Å². The normalized spacial score (nSPS) is 23.5. The third-order valence-corrected chi connectivity index (χ3v) is 6.25. The van der Waals surface area contributed by atoms with Crippen molar-refractivity contribution < 1.29 is 9.59 Å². The van der Waals surface area contributed by atoms with Crippen LogP contribution in [0.1, 0.15) is 27.5 Å². The van der Waals surface area contributed by atoms with Crippen LogP contribution in [0.5, 0.6) is 0 Å². The molecule has 0 spiro atoms. The number of carbonyl (C=O) groups is 2. The van der Waals surface area contributed by atoms with Crippen LogP contribution in [0.2, 0.25) is 0 Å². The lowest BCUT2D eigenvalue weighted by Crippen LogP contribution is -2.41. The average molecular weight is 392 g/mol. The SMILES string of the molecule is Cc1ccccc1[C@H]1[C@@H]2CN(C(=O)c3ccccc3)C[C@@H]2CN1C(=O)CN(C)C. The highest BCUT2D eigenvalue weighted by molar-refractivity contribution is 5.94. The van der Waals surface area contributed by atoms with Crippen LogP contribution >= 0.6 is 0 Å². The molecule has 5 heteroatoms. The molecule has 2 aromatic carbocycles. The van der Waals surface area contributed by atoms with E-state index in [0.29, 0.717) is 25.6 Å². The minimum Gasteiger partial charge on any atom is -0.338 e. The van der Waals surface area contributed by atoms with Crippen LogP contribution in [0.4, 0.5) is 0 Å². The Hall–Kier alpha value is -2.66. The number of nitrogens with zero attached hydrogens (tertiary/aromatic N) is 3. The molecule has 2 fully saturated rings. The van der Waals surface area contributed by atoms with E-state index in [0.717, 1.165) is 12.1 Å². The largest absolute Gasteiger partial charge is 0.338 e. The molecule has 2 amide bonds. The van der Waals surface area contributed by atoms with E-state index >= 15 is 0 Å². The molecule has 29 heavy (non-hydrogen) atoms. The molecule has 0 unspecified atom stereocenters. The van der Waals surface area contributed by atoms with Crippen LogP contribution in [0.3, 0.4) is 0 Å². The molecule has 5 nitrogen and oxygen atoms in total. The molecule has 2 aliphatic rings. The second-order valence-electron chi connectivity index (χ2n) is 8.59. The molecule has 0 bridgehead atoms. The maximum absolute atomic E-state index is 13.0. The molecule has 2 aromatic rings. The summed E-state index contributed by atoms with van der Waals surface area (Å²) in [5, 5.41) is 0. The first-order valence-electron chi connectivity index (χ1n) is 10.3. The average Bonchev–Trinajstić information content (AvgIpc) is 3.26. The lowest BCUT2D eigenvalue weighted by atomic mass is 9.87. The van der Waals surface area contributed by atoms with Crippen LogP contribution in [0.25, 0.3) is 0 Å². The van der Waals surface area contributed by atoms with E-state index in [1.165, 1.54) is 11.1 Å². The van der Waals surface area contributed by atoms with Crippen molar-refractivity contribution in [3.63, 3.8) is 0 Å². The highest BCUT2D eigenvalue weighted by Crippen LogP contribution is 2.46. The fourth-order valence-electron chi connectivity index (χ4n) is 4.91. The van der Waals surface area contributed by atoms with Crippen molar-refractivity contribution in [2.24, 2.45) is 11.8 Å². The molecular weight excluding hydrogens is 362 g/mol. The summed E-state index contributed by atoms with van der Waals surface area (Å²) in [5.41, 5.74) is 3.15. The minimum atomic E-state index is 0.0298. The van der Waals surface area contributed by atoms with Crippen molar-refractivity contribution in [2.45, 2.75) is 13.0 Å². The predicted octanol–water partition coefficient (Wildman–Crippen LogP) is 2.83. The Morgan fingerprint density at radius 3 is 2.34 bits per heavy atom. The van der Waals surface area contributed by atoms with Crippen LogP contribution in [-0.2, 0) is 4.79 Å². The first-order valence-corrected chi connectivity index (χ1v) is 10.3. The van der Waals surface area contributed by atoms with Crippen LogP contribution in [-0.4, -0.2) is 66.8 Å². The fraction of sp³-hybridized carbons (Fsp3) is 0.417. The lowest BCUT2D eigenvalue weighted by Gasteiger charge is -2.31. The highest BCUT2D eigenvalue weighted by Gasteiger charge is 2.50. The third kappa shape index (κ3) is 3.79. The lowest BCUT2D eigenvalue weighted by molar-refractivity contribution is -0.133. The number of amides is 2. The van der Waals surface area contributed by atoms with Crippen molar-refractivity contribution in [3.05, 3.63) is 71.3 Å². The number of likely N-dealkylation sites (tertiary alicyclic amines) is 2. The minimum absolute atomic E-state index is 0.0298. The van der Waals surface area contributed by atoms with Crippen molar-refractivity contribution in [3.8, 4) is 0 Å². The molecule has 2 heterocycles. The van der Waals surface area contributed by atoms with Crippen LogP contribution in [0.15, 0.2) is 54.6 Å². The second-order valence-corrected chi connectivity index (χ2v) is 8.59. The number of carbonyl (C=O) groups excluding carboxylic acids is 2. The van der Waals surface area contributed by atoms with Gasteiger partial charge in [-0.25, -0.2) is 0 Å². The number of hydrogen-bond donors (Lipinski definition) is 0. The standard InChI is InChI=1S/C24H29N3O2/c1-17-9-7-8-12-20(17)23-21-15-26(24(29)18-10-5-4-6-11-18)13-19(21)14-27(23)22(28)16-25(2)3/h4-12,19,21,23H,13-16H2,1-3H3/t19-,21-,23+/m1/s1. The Bertz CT molecular complexity index is 896. The number of fused-ring (bicyclic) bond motifs is 1. The summed E-state index contributed by atoms with van der Waals surface area (Å²) in [6, 6.07) is 17.9. The van der Waals surface area contributed by atoms with Gasteiger partial charge in [0.1, 0.15) is 0 Å². The molecule has 4 rings (SSSR count). The molecule has 0 N–H and O–H groups in total. The summed E-state index contributed by atoms with van der Waals surface area (Å²) in [4.78, 5) is 32.0. The molecule has 3 atom stereocenters. The van der Waals surface area contributed by atoms with E-state index in [4.69, 9.17) is 0 Å². The fourth-order valence-corrected chi connectivity index (χ4v) is 4.91. The van der Waals surface area contributed by atoms with Gasteiger partial charge in [0.25, 0.3) is 5.91 Å². The number of benzene rings is 2. The Balaban J connectivity index is 1.61. The zero-order valence-corrected chi connectivity index (χ0v) is 17.4. The molecule has 0 saturated carbocycles. The number of rotatable bonds is 4. The summed E-state index contributed by atoms with van der Waals surface area (Å²) < 4.78 is 0. The molecular formula is C24H29N3O2. The van der Waals surface area contributed by atoms with E-state index in [9.17, 15) is 9.59 Å². The Kier molecular flexibility index (Phi) is 5.41. The molecule has 152 valence electrons. The Labute approximate surface area is 172 Å². The van der Waals surface area contributed by atoms with Crippen molar-refractivity contribution in [2.75, 3.05) is 40.3 Å². The second kappa shape index (κ2) is 7.99. The molecule has 0 aliphatic carbocycles. The van der Waals surface area contributed by atoms with Gasteiger partial charge in [0, 0.05) is 37.0 Å². The van der Waals surface area contributed by atoms with Crippen molar-refractivity contribution in [1.82, 2.24) is 14.7 Å². The van der Waals surface area contributed by atoms with Gasteiger partial charge in [0.15, 0.2) is 0 Å². The van der Waals surface area contributed by atoms with Crippen molar-refractivity contribution in [1.29, 1.82) is 0 Å². The quantitative estimate of drug-likeness (QED) is 0.805. The van der Waals surface area contributed by atoms with E-state index in [1.807, 2.05) is 66.4 Å². The van der Waals surface area contributed by atoms with Gasteiger partial charge in [-0.2, -0.15) is 0 Å². The Morgan fingerprint density at radius 2 is 1.66 bits per heavy atom. The van der Waals surface area contributed by atoms with Gasteiger partial charge >= 0.3 is 0 Å². The van der Waals surface area contributed by atoms with E-state index in [2.05, 4.69) is 24.0 Å². The maximum Gasteiger partial charge on any atom is 0.253 e. The topological polar surface area (TPSA) is 43.9 Å². The van der Waals surface area contributed by atoms with Gasteiger partial charge in [0.05, 0.1) is 12.6 Å². The number of aryl methyl sites for hydroxylation is 1. The zero-order valence-electron chi connectivity index (χ0n) is 17.4. The first kappa shape index (κ1) is 19.6. The van der Waals surface area contributed by atoms with E-state index in [1.54, 1.807) is 0 Å². The summed E-state index contributed by atoms with van der Waals surface area (Å²) in [5.74, 6) is 0.849. The maximum atomic E-state index is 13.0. The van der Waals surface area contributed by atoms with Gasteiger partial charge in [-0.3, -0.25) is 9.59 Å². The molecule has 2 saturated heterocycles.